The summed E-state index contributed by atoms with van der Waals surface area (Å²) in [6.45, 7) is 6.03. The van der Waals surface area contributed by atoms with Gasteiger partial charge in [0.1, 0.15) is 12.4 Å². The summed E-state index contributed by atoms with van der Waals surface area (Å²) in [4.78, 5) is 44.7. The molecule has 2 heterocycles. The Hall–Kier alpha value is -3.22. The number of carbonyl (C=O) groups excluding carboxylic acids is 2. The lowest BCUT2D eigenvalue weighted by Gasteiger charge is -2.26. The van der Waals surface area contributed by atoms with Gasteiger partial charge in [-0.3, -0.25) is 9.36 Å². The molecule has 0 aliphatic carbocycles. The van der Waals surface area contributed by atoms with Gasteiger partial charge in [0, 0.05) is 4.47 Å². The van der Waals surface area contributed by atoms with Crippen molar-refractivity contribution in [2.45, 2.75) is 33.4 Å². The summed E-state index contributed by atoms with van der Waals surface area (Å²) in [5.41, 5.74) is 3.21. The molecule has 0 saturated carbocycles. The Labute approximate surface area is 322 Å². The standard InChI is InChI=1S/C35H31BrI2N2O8S/c1-6-46-33(42)21-10-8-19(9-11-21)17-48-31-24(37)12-20(13-25(31)38)14-28-32(41)40-30(22-15-26(44-4)27(45-5)16-23(22)36)29(34(43)47-7-2)18(3)39-35(40)49-28/h8-16,30H,6-7,17H2,1-5H3/b28-14-/t30-/m0/s1. The quantitative estimate of drug-likeness (QED) is 0.123. The van der Waals surface area contributed by atoms with Gasteiger partial charge in [-0.15, -0.1) is 0 Å². The Morgan fingerprint density at radius 3 is 2.18 bits per heavy atom. The van der Waals surface area contributed by atoms with Gasteiger partial charge in [0.2, 0.25) is 0 Å². The molecule has 0 fully saturated rings. The molecule has 0 saturated heterocycles. The van der Waals surface area contributed by atoms with Gasteiger partial charge < -0.3 is 23.7 Å². The molecule has 0 radical (unpaired) electrons. The Morgan fingerprint density at radius 2 is 1.57 bits per heavy atom. The maximum Gasteiger partial charge on any atom is 0.338 e. The van der Waals surface area contributed by atoms with Crippen molar-refractivity contribution in [1.82, 2.24) is 4.57 Å². The maximum absolute atomic E-state index is 14.2. The van der Waals surface area contributed by atoms with Crippen molar-refractivity contribution in [1.29, 1.82) is 0 Å². The smallest absolute Gasteiger partial charge is 0.338 e. The van der Waals surface area contributed by atoms with Crippen LogP contribution in [0.25, 0.3) is 6.08 Å². The molecule has 1 aliphatic rings. The zero-order valence-electron chi connectivity index (χ0n) is 27.1. The van der Waals surface area contributed by atoms with Crippen LogP contribution >= 0.6 is 72.4 Å². The molecule has 0 bridgehead atoms. The first-order valence-electron chi connectivity index (χ1n) is 15.0. The van der Waals surface area contributed by atoms with E-state index in [0.717, 1.165) is 18.3 Å². The molecule has 5 rings (SSSR count). The monoisotopic (exact) mass is 972 g/mol. The van der Waals surface area contributed by atoms with Crippen LogP contribution < -0.4 is 29.1 Å². The summed E-state index contributed by atoms with van der Waals surface area (Å²) in [5.74, 6) is 0.732. The highest BCUT2D eigenvalue weighted by Gasteiger charge is 2.35. The number of esters is 2. The van der Waals surface area contributed by atoms with Crippen molar-refractivity contribution in [3.05, 3.63) is 113 Å². The molecule has 0 N–H and O–H groups in total. The predicted octanol–water partition coefficient (Wildman–Crippen LogP) is 6.54. The lowest BCUT2D eigenvalue weighted by Crippen LogP contribution is -2.40. The number of hydrogen-bond donors (Lipinski definition) is 0. The highest BCUT2D eigenvalue weighted by molar-refractivity contribution is 14.1. The van der Waals surface area contributed by atoms with Crippen LogP contribution in [0, 0.1) is 7.14 Å². The second kappa shape index (κ2) is 16.2. The number of allylic oxidation sites excluding steroid dienone is 1. The molecule has 1 atom stereocenters. The van der Waals surface area contributed by atoms with E-state index in [-0.39, 0.29) is 23.7 Å². The van der Waals surface area contributed by atoms with Crippen LogP contribution in [-0.2, 0) is 20.9 Å². The van der Waals surface area contributed by atoms with Crippen LogP contribution in [0.3, 0.4) is 0 Å². The Bertz CT molecular complexity index is 2120. The number of ether oxygens (including phenoxy) is 5. The Kier molecular flexibility index (Phi) is 12.3. The van der Waals surface area contributed by atoms with Gasteiger partial charge >= 0.3 is 11.9 Å². The van der Waals surface area contributed by atoms with Crippen LogP contribution in [-0.4, -0.2) is 43.9 Å². The minimum Gasteiger partial charge on any atom is -0.493 e. The lowest BCUT2D eigenvalue weighted by molar-refractivity contribution is -0.139. The molecule has 256 valence electrons. The van der Waals surface area contributed by atoms with Crippen molar-refractivity contribution in [2.75, 3.05) is 27.4 Å². The second-order valence-electron chi connectivity index (χ2n) is 10.6. The molecule has 0 unspecified atom stereocenters. The van der Waals surface area contributed by atoms with Gasteiger partial charge in [-0.05, 0) is 125 Å². The SMILES string of the molecule is CCOC(=O)C1=C(C)N=c2s/c(=C\c3cc(I)c(OCc4ccc(C(=O)OCC)cc4)c(I)c3)c(=O)n2[C@H]1c1cc(OC)c(OC)cc1Br. The van der Waals surface area contributed by atoms with Crippen molar-refractivity contribution >= 4 is 90.5 Å². The number of halogens is 3. The molecular formula is C35H31BrI2N2O8S. The van der Waals surface area contributed by atoms with E-state index < -0.39 is 12.0 Å². The van der Waals surface area contributed by atoms with Gasteiger partial charge in [-0.25, -0.2) is 14.6 Å². The Morgan fingerprint density at radius 1 is 0.959 bits per heavy atom. The molecule has 0 spiro atoms. The van der Waals surface area contributed by atoms with E-state index in [9.17, 15) is 14.4 Å². The third-order valence-corrected chi connectivity index (χ3v) is 10.8. The number of hydrogen-bond acceptors (Lipinski definition) is 10. The molecule has 0 amide bonds. The van der Waals surface area contributed by atoms with E-state index in [4.69, 9.17) is 23.7 Å². The largest absolute Gasteiger partial charge is 0.493 e. The third-order valence-electron chi connectivity index (χ3n) is 7.48. The number of aromatic nitrogens is 1. The molecule has 14 heteroatoms. The summed E-state index contributed by atoms with van der Waals surface area (Å²) < 4.78 is 32.0. The third kappa shape index (κ3) is 7.91. The first-order valence-corrected chi connectivity index (χ1v) is 18.8. The fraction of sp³-hybridized carbons (Fsp3) is 0.257. The molecule has 10 nitrogen and oxygen atoms in total. The first-order chi connectivity index (χ1) is 23.5. The summed E-state index contributed by atoms with van der Waals surface area (Å²) in [7, 11) is 3.06. The number of carbonyl (C=O) groups is 2. The van der Waals surface area contributed by atoms with Gasteiger partial charge in [0.15, 0.2) is 16.3 Å². The normalized spacial score (nSPS) is 14.2. The van der Waals surface area contributed by atoms with Gasteiger partial charge in [0.25, 0.3) is 5.56 Å². The molecular weight excluding hydrogens is 942 g/mol. The van der Waals surface area contributed by atoms with Gasteiger partial charge in [-0.1, -0.05) is 39.4 Å². The van der Waals surface area contributed by atoms with E-state index in [2.05, 4.69) is 66.1 Å². The fourth-order valence-electron chi connectivity index (χ4n) is 5.22. The molecule has 4 aromatic rings. The number of methoxy groups -OCH3 is 2. The van der Waals surface area contributed by atoms with E-state index in [1.54, 1.807) is 45.0 Å². The van der Waals surface area contributed by atoms with Crippen molar-refractivity contribution in [2.24, 2.45) is 4.99 Å². The summed E-state index contributed by atoms with van der Waals surface area (Å²) in [6, 6.07) is 13.7. The predicted molar refractivity (Wildman–Crippen MR) is 206 cm³/mol. The molecule has 1 aromatic heterocycles. The van der Waals surface area contributed by atoms with Crippen molar-refractivity contribution in [3.63, 3.8) is 0 Å². The first kappa shape index (κ1) is 37.0. The summed E-state index contributed by atoms with van der Waals surface area (Å²) >= 11 is 9.31. The van der Waals surface area contributed by atoms with Crippen LogP contribution in [0.4, 0.5) is 0 Å². The Balaban J connectivity index is 1.52. The molecule has 49 heavy (non-hydrogen) atoms. The number of nitrogens with zero attached hydrogens (tertiary/aromatic N) is 2. The minimum atomic E-state index is -0.839. The lowest BCUT2D eigenvalue weighted by atomic mass is 9.95. The van der Waals surface area contributed by atoms with Gasteiger partial charge in [-0.2, -0.15) is 0 Å². The number of fused-ring (bicyclic) bond motifs is 1. The molecule has 1 aliphatic heterocycles. The minimum absolute atomic E-state index is 0.165. The van der Waals surface area contributed by atoms with Gasteiger partial charge in [0.05, 0.1) is 62.0 Å². The number of rotatable bonds is 11. The van der Waals surface area contributed by atoms with Crippen LogP contribution in [0.2, 0.25) is 0 Å². The van der Waals surface area contributed by atoms with Crippen molar-refractivity contribution < 1.29 is 33.3 Å². The van der Waals surface area contributed by atoms with E-state index in [1.807, 2.05) is 30.3 Å². The topological polar surface area (TPSA) is 115 Å². The van der Waals surface area contributed by atoms with Crippen LogP contribution in [0.15, 0.2) is 74.1 Å². The van der Waals surface area contributed by atoms with E-state index >= 15 is 0 Å². The van der Waals surface area contributed by atoms with E-state index in [0.29, 0.717) is 61.1 Å². The molecule has 3 aromatic carbocycles. The summed E-state index contributed by atoms with van der Waals surface area (Å²) in [5, 5.41) is 0. The number of thiazole rings is 1. The second-order valence-corrected chi connectivity index (χ2v) is 14.7. The number of benzene rings is 3. The average Bonchev–Trinajstić information content (AvgIpc) is 3.37. The maximum atomic E-state index is 14.2. The van der Waals surface area contributed by atoms with Crippen LogP contribution in [0.5, 0.6) is 17.2 Å². The van der Waals surface area contributed by atoms with Crippen molar-refractivity contribution in [3.8, 4) is 17.2 Å². The zero-order valence-corrected chi connectivity index (χ0v) is 33.8. The van der Waals surface area contributed by atoms with E-state index in [1.165, 1.54) is 30.1 Å². The highest BCUT2D eigenvalue weighted by atomic mass is 127. The average molecular weight is 973 g/mol. The van der Waals surface area contributed by atoms with Crippen LogP contribution in [0.1, 0.15) is 53.9 Å². The fourth-order valence-corrected chi connectivity index (χ4v) is 8.94. The summed E-state index contributed by atoms with van der Waals surface area (Å²) in [6.07, 6.45) is 1.82. The zero-order chi connectivity index (χ0) is 35.4. The highest BCUT2D eigenvalue weighted by Crippen LogP contribution is 2.41.